The molecule has 1 heterocycles. The van der Waals surface area contributed by atoms with E-state index in [1.807, 2.05) is 18.7 Å². The molecule has 1 aliphatic rings. The van der Waals surface area contributed by atoms with Crippen molar-refractivity contribution < 1.29 is 4.79 Å². The summed E-state index contributed by atoms with van der Waals surface area (Å²) in [6, 6.07) is 0. The van der Waals surface area contributed by atoms with Gasteiger partial charge in [-0.05, 0) is 18.8 Å². The van der Waals surface area contributed by atoms with Crippen molar-refractivity contribution in [3.63, 3.8) is 0 Å². The van der Waals surface area contributed by atoms with Crippen LogP contribution in [0, 0.1) is 5.92 Å². The first kappa shape index (κ1) is 8.57. The molecule has 0 unspecified atom stereocenters. The first-order chi connectivity index (χ1) is 5.20. The van der Waals surface area contributed by atoms with E-state index in [0.29, 0.717) is 12.3 Å². The minimum absolute atomic E-state index is 0.308. The summed E-state index contributed by atoms with van der Waals surface area (Å²) in [5.41, 5.74) is 0. The van der Waals surface area contributed by atoms with Gasteiger partial charge in [0.15, 0.2) is 0 Å². The van der Waals surface area contributed by atoms with E-state index in [4.69, 9.17) is 0 Å². The zero-order valence-corrected chi connectivity index (χ0v) is 7.39. The van der Waals surface area contributed by atoms with Crippen molar-refractivity contribution in [2.45, 2.75) is 33.1 Å². The minimum Gasteiger partial charge on any atom is -0.343 e. The smallest absolute Gasteiger partial charge is 0.223 e. The van der Waals surface area contributed by atoms with Crippen molar-refractivity contribution in [1.29, 1.82) is 0 Å². The molecule has 1 fully saturated rings. The Balaban J connectivity index is 2.28. The predicted octanol–water partition coefficient (Wildman–Crippen LogP) is 1.61. The van der Waals surface area contributed by atoms with Gasteiger partial charge in [0.05, 0.1) is 0 Å². The Hall–Kier alpha value is -0.530. The van der Waals surface area contributed by atoms with Gasteiger partial charge in [0.2, 0.25) is 5.91 Å². The number of nitrogens with zero attached hydrogens (tertiary/aromatic N) is 1. The van der Waals surface area contributed by atoms with E-state index in [1.54, 1.807) is 0 Å². The average Bonchev–Trinajstić information content (AvgIpc) is 2.35. The van der Waals surface area contributed by atoms with E-state index in [2.05, 4.69) is 0 Å². The molecule has 1 saturated heterocycles. The van der Waals surface area contributed by atoms with Crippen LogP contribution in [0.2, 0.25) is 0 Å². The molecule has 0 saturated carbocycles. The molecule has 2 nitrogen and oxygen atoms in total. The molecule has 0 aromatic carbocycles. The van der Waals surface area contributed by atoms with E-state index < -0.39 is 0 Å². The maximum Gasteiger partial charge on any atom is 0.223 e. The Kier molecular flexibility index (Phi) is 2.92. The Labute approximate surface area is 68.6 Å². The fourth-order valence-electron chi connectivity index (χ4n) is 1.38. The van der Waals surface area contributed by atoms with Gasteiger partial charge < -0.3 is 4.90 Å². The van der Waals surface area contributed by atoms with Gasteiger partial charge in [-0.15, -0.1) is 0 Å². The van der Waals surface area contributed by atoms with Crippen LogP contribution in [0.5, 0.6) is 0 Å². The molecular weight excluding hydrogens is 138 g/mol. The quantitative estimate of drug-likeness (QED) is 0.591. The average molecular weight is 154 g/mol. The highest BCUT2D eigenvalue weighted by molar-refractivity contribution is 5.78. The molecular formula is C9H16NO. The summed E-state index contributed by atoms with van der Waals surface area (Å²) in [6.07, 6.45) is 3.02. The lowest BCUT2D eigenvalue weighted by Crippen LogP contribution is -2.28. The molecule has 0 bridgehead atoms. The molecule has 0 aliphatic carbocycles. The third kappa shape index (κ3) is 2.52. The van der Waals surface area contributed by atoms with Crippen LogP contribution >= 0.6 is 0 Å². The molecule has 2 heteroatoms. The number of rotatable bonds is 2. The topological polar surface area (TPSA) is 20.3 Å². The first-order valence-corrected chi connectivity index (χ1v) is 4.27. The van der Waals surface area contributed by atoms with Crippen LogP contribution in [-0.4, -0.2) is 23.9 Å². The van der Waals surface area contributed by atoms with Crippen LogP contribution in [0.15, 0.2) is 0 Å². The van der Waals surface area contributed by atoms with Crippen molar-refractivity contribution in [3.8, 4) is 0 Å². The summed E-state index contributed by atoms with van der Waals surface area (Å²) in [4.78, 5) is 13.3. The molecule has 0 atom stereocenters. The molecule has 0 aromatic heterocycles. The monoisotopic (exact) mass is 154 g/mol. The Morgan fingerprint density at radius 3 is 2.27 bits per heavy atom. The van der Waals surface area contributed by atoms with Gasteiger partial charge in [0, 0.05) is 19.5 Å². The van der Waals surface area contributed by atoms with Crippen LogP contribution in [0.1, 0.15) is 33.1 Å². The van der Waals surface area contributed by atoms with Crippen LogP contribution in [-0.2, 0) is 4.79 Å². The molecule has 1 radical (unpaired) electrons. The predicted molar refractivity (Wildman–Crippen MR) is 45.0 cm³/mol. The molecule has 63 valence electrons. The molecule has 1 amide bonds. The number of hydrogen-bond donors (Lipinski definition) is 0. The highest BCUT2D eigenvalue weighted by Gasteiger charge is 2.17. The molecule has 1 aliphatic heterocycles. The van der Waals surface area contributed by atoms with Gasteiger partial charge >= 0.3 is 0 Å². The van der Waals surface area contributed by atoms with E-state index in [-0.39, 0.29) is 0 Å². The lowest BCUT2D eigenvalue weighted by molar-refractivity contribution is -0.129. The Bertz CT molecular complexity index is 136. The van der Waals surface area contributed by atoms with Crippen LogP contribution in [0.3, 0.4) is 0 Å². The van der Waals surface area contributed by atoms with Gasteiger partial charge in [-0.2, -0.15) is 0 Å². The lowest BCUT2D eigenvalue weighted by Gasteiger charge is -2.15. The zero-order valence-electron chi connectivity index (χ0n) is 7.39. The van der Waals surface area contributed by atoms with Crippen LogP contribution in [0.25, 0.3) is 0 Å². The SMILES string of the molecule is C[C](C)CC(=O)N1CCCC1. The third-order valence-corrected chi connectivity index (χ3v) is 1.96. The molecule has 0 N–H and O–H groups in total. The Morgan fingerprint density at radius 1 is 1.27 bits per heavy atom. The fraction of sp³-hybridized carbons (Fsp3) is 0.778. The molecule has 1 rings (SSSR count). The second-order valence-electron chi connectivity index (χ2n) is 3.47. The van der Waals surface area contributed by atoms with E-state index in [0.717, 1.165) is 13.1 Å². The summed E-state index contributed by atoms with van der Waals surface area (Å²) in [5.74, 6) is 1.52. The first-order valence-electron chi connectivity index (χ1n) is 4.27. The summed E-state index contributed by atoms with van der Waals surface area (Å²) < 4.78 is 0. The number of carbonyl (C=O) groups excluding carboxylic acids is 1. The highest BCUT2D eigenvalue weighted by atomic mass is 16.2. The van der Waals surface area contributed by atoms with E-state index in [1.165, 1.54) is 18.8 Å². The van der Waals surface area contributed by atoms with E-state index >= 15 is 0 Å². The van der Waals surface area contributed by atoms with Gasteiger partial charge in [0.1, 0.15) is 0 Å². The number of hydrogen-bond acceptors (Lipinski definition) is 1. The normalized spacial score (nSPS) is 17.9. The van der Waals surface area contributed by atoms with Crippen molar-refractivity contribution in [1.82, 2.24) is 4.90 Å². The maximum atomic E-state index is 11.4. The third-order valence-electron chi connectivity index (χ3n) is 1.96. The van der Waals surface area contributed by atoms with Gasteiger partial charge in [-0.1, -0.05) is 13.8 Å². The summed E-state index contributed by atoms with van der Waals surface area (Å²) in [7, 11) is 0. The van der Waals surface area contributed by atoms with Gasteiger partial charge in [-0.25, -0.2) is 0 Å². The largest absolute Gasteiger partial charge is 0.343 e. The fourth-order valence-corrected chi connectivity index (χ4v) is 1.38. The number of likely N-dealkylation sites (tertiary alicyclic amines) is 1. The van der Waals surface area contributed by atoms with Crippen LogP contribution in [0.4, 0.5) is 0 Å². The maximum absolute atomic E-state index is 11.4. The second kappa shape index (κ2) is 3.74. The standard InChI is InChI=1S/C9H16NO/c1-8(2)7-9(11)10-5-3-4-6-10/h3-7H2,1-2H3. The van der Waals surface area contributed by atoms with Gasteiger partial charge in [0.25, 0.3) is 0 Å². The summed E-state index contributed by atoms with van der Waals surface area (Å²) >= 11 is 0. The zero-order chi connectivity index (χ0) is 8.27. The van der Waals surface area contributed by atoms with Crippen molar-refractivity contribution in [3.05, 3.63) is 5.92 Å². The molecule has 0 spiro atoms. The van der Waals surface area contributed by atoms with Crippen molar-refractivity contribution in [2.24, 2.45) is 0 Å². The van der Waals surface area contributed by atoms with Crippen molar-refractivity contribution in [2.75, 3.05) is 13.1 Å². The number of carbonyl (C=O) groups is 1. The van der Waals surface area contributed by atoms with Gasteiger partial charge in [-0.3, -0.25) is 4.79 Å². The lowest BCUT2D eigenvalue weighted by atomic mass is 10.1. The summed E-state index contributed by atoms with van der Waals surface area (Å²) in [6.45, 7) is 5.97. The highest BCUT2D eigenvalue weighted by Crippen LogP contribution is 2.12. The number of amides is 1. The summed E-state index contributed by atoms with van der Waals surface area (Å²) in [5, 5.41) is 0. The van der Waals surface area contributed by atoms with Crippen molar-refractivity contribution >= 4 is 5.91 Å². The van der Waals surface area contributed by atoms with E-state index in [9.17, 15) is 4.79 Å². The molecule has 0 aromatic rings. The second-order valence-corrected chi connectivity index (χ2v) is 3.47. The minimum atomic E-state index is 0.308. The van der Waals surface area contributed by atoms with Crippen LogP contribution < -0.4 is 0 Å². The Morgan fingerprint density at radius 2 is 1.82 bits per heavy atom. The molecule has 11 heavy (non-hydrogen) atoms.